The molecule has 206 valence electrons. The minimum Gasteiger partial charge on any atom is -0.462 e. The van der Waals surface area contributed by atoms with Crippen molar-refractivity contribution in [2.45, 2.75) is 78.9 Å². The number of nitrogens with zero attached hydrogens (tertiary/aromatic N) is 2. The second kappa shape index (κ2) is 16.3. The van der Waals surface area contributed by atoms with Crippen molar-refractivity contribution >= 4 is 43.6 Å². The van der Waals surface area contributed by atoms with E-state index in [1.165, 1.54) is 17.8 Å². The summed E-state index contributed by atoms with van der Waals surface area (Å²) in [5.74, 6) is 0.182. The van der Waals surface area contributed by atoms with Crippen molar-refractivity contribution in [2.75, 3.05) is 26.0 Å². The van der Waals surface area contributed by atoms with Crippen LogP contribution in [0.3, 0.4) is 0 Å². The molecule has 0 saturated carbocycles. The van der Waals surface area contributed by atoms with E-state index in [9.17, 15) is 14.4 Å². The first-order valence-corrected chi connectivity index (χ1v) is 14.0. The molecule has 0 bridgehead atoms. The van der Waals surface area contributed by atoms with Gasteiger partial charge in [0.25, 0.3) is 8.53 Å². The highest BCUT2D eigenvalue weighted by Crippen LogP contribution is 2.36. The number of rotatable bonds is 15. The highest BCUT2D eigenvalue weighted by Gasteiger charge is 2.30. The third-order valence-corrected chi connectivity index (χ3v) is 7.39. The standard InChI is InChI=1S/C23H41N4O7PS/c1-16(2)33-21(29)17(3)26-35(31-12-13-36-22(30)23(4,5)6)32-14-18-8-9-20(34-18)27(7)11-10-19(24)25-15-28/h10-11,15-18,20,26H,8-9,12-14H2,1-7H3,(H2,24,25,28)/b11-10-. The Labute approximate surface area is 219 Å². The first kappa shape index (κ1) is 32.5. The van der Waals surface area contributed by atoms with Crippen molar-refractivity contribution < 1.29 is 32.9 Å². The Bertz CT molecular complexity index is 776. The molecule has 36 heavy (non-hydrogen) atoms. The first-order chi connectivity index (χ1) is 16.8. The quantitative estimate of drug-likeness (QED) is 0.0779. The predicted octanol–water partition coefficient (Wildman–Crippen LogP) is 2.95. The van der Waals surface area contributed by atoms with Crippen molar-refractivity contribution in [1.82, 2.24) is 9.99 Å². The van der Waals surface area contributed by atoms with Gasteiger partial charge in [0, 0.05) is 24.4 Å². The molecule has 4 atom stereocenters. The monoisotopic (exact) mass is 548 g/mol. The van der Waals surface area contributed by atoms with Crippen LogP contribution in [0.2, 0.25) is 0 Å². The summed E-state index contributed by atoms with van der Waals surface area (Å²) in [6, 6.07) is -0.630. The summed E-state index contributed by atoms with van der Waals surface area (Å²) >= 11 is 1.21. The lowest BCUT2D eigenvalue weighted by atomic mass is 10.00. The molecule has 13 heteroatoms. The number of nitrogens with two attached hydrogens (primary N) is 1. The molecule has 0 aromatic heterocycles. The van der Waals surface area contributed by atoms with E-state index in [4.69, 9.17) is 24.3 Å². The molecule has 0 spiro atoms. The van der Waals surface area contributed by atoms with Crippen molar-refractivity contribution in [3.05, 3.63) is 12.3 Å². The van der Waals surface area contributed by atoms with Crippen LogP contribution < -0.4 is 10.8 Å². The van der Waals surface area contributed by atoms with E-state index in [0.717, 1.165) is 12.8 Å². The van der Waals surface area contributed by atoms with Gasteiger partial charge in [-0.2, -0.15) is 4.99 Å². The number of carbonyl (C=O) groups is 3. The first-order valence-electron chi connectivity index (χ1n) is 11.9. The van der Waals surface area contributed by atoms with E-state index in [1.54, 1.807) is 27.0 Å². The zero-order valence-corrected chi connectivity index (χ0v) is 24.0. The smallest absolute Gasteiger partial charge is 0.323 e. The average Bonchev–Trinajstić information content (AvgIpc) is 3.26. The van der Waals surface area contributed by atoms with Crippen molar-refractivity contribution in [3.8, 4) is 0 Å². The molecule has 1 heterocycles. The van der Waals surface area contributed by atoms with Crippen LogP contribution in [0.25, 0.3) is 0 Å². The van der Waals surface area contributed by atoms with Crippen LogP contribution in [0.4, 0.5) is 0 Å². The molecule has 3 N–H and O–H groups in total. The third-order valence-electron chi connectivity index (χ3n) is 4.74. The summed E-state index contributed by atoms with van der Waals surface area (Å²) in [5, 5.41) is 3.15. The fraction of sp³-hybridized carbons (Fsp3) is 0.739. The molecule has 0 aromatic rings. The van der Waals surface area contributed by atoms with Gasteiger partial charge in [-0.1, -0.05) is 32.5 Å². The Morgan fingerprint density at radius 1 is 1.28 bits per heavy atom. The van der Waals surface area contributed by atoms with Gasteiger partial charge >= 0.3 is 5.97 Å². The number of aliphatic imine (C=N–C) groups is 1. The van der Waals surface area contributed by atoms with Crippen LogP contribution in [0.1, 0.15) is 54.4 Å². The number of hydrogen-bond acceptors (Lipinski definition) is 10. The van der Waals surface area contributed by atoms with Gasteiger partial charge in [-0.25, -0.2) is 5.09 Å². The van der Waals surface area contributed by atoms with Crippen molar-refractivity contribution in [1.29, 1.82) is 0 Å². The Morgan fingerprint density at radius 2 is 1.97 bits per heavy atom. The van der Waals surface area contributed by atoms with Gasteiger partial charge in [0.1, 0.15) is 18.1 Å². The lowest BCUT2D eigenvalue weighted by Gasteiger charge is -2.25. The fourth-order valence-electron chi connectivity index (χ4n) is 2.78. The number of thioether (sulfide) groups is 1. The highest BCUT2D eigenvalue weighted by atomic mass is 32.2. The summed E-state index contributed by atoms with van der Waals surface area (Å²) in [7, 11) is 0.212. The van der Waals surface area contributed by atoms with Crippen LogP contribution in [0, 0.1) is 5.41 Å². The second-order valence-corrected chi connectivity index (χ2v) is 11.9. The molecule has 4 unspecified atom stereocenters. The van der Waals surface area contributed by atoms with Crippen LogP contribution in [-0.2, 0) is 32.9 Å². The Morgan fingerprint density at radius 3 is 2.58 bits per heavy atom. The van der Waals surface area contributed by atoms with E-state index >= 15 is 0 Å². The number of hydrogen-bond donors (Lipinski definition) is 2. The van der Waals surface area contributed by atoms with Crippen LogP contribution in [0.15, 0.2) is 17.3 Å². The minimum absolute atomic E-state index is 0.0842. The molecule has 1 aliphatic rings. The molecule has 1 aliphatic heterocycles. The molecule has 0 aromatic carbocycles. The molecule has 11 nitrogen and oxygen atoms in total. The minimum atomic E-state index is -1.63. The largest absolute Gasteiger partial charge is 0.462 e. The van der Waals surface area contributed by atoms with Crippen molar-refractivity contribution in [3.63, 3.8) is 0 Å². The van der Waals surface area contributed by atoms with E-state index in [0.29, 0.717) is 12.2 Å². The molecule has 0 aliphatic carbocycles. The predicted molar refractivity (Wildman–Crippen MR) is 142 cm³/mol. The van der Waals surface area contributed by atoms with E-state index in [2.05, 4.69) is 10.1 Å². The molecule has 1 saturated heterocycles. The zero-order valence-electron chi connectivity index (χ0n) is 22.3. The fourth-order valence-corrected chi connectivity index (χ4v) is 4.89. The Balaban J connectivity index is 2.62. The van der Waals surface area contributed by atoms with Crippen LogP contribution in [0.5, 0.6) is 0 Å². The topological polar surface area (TPSA) is 142 Å². The molecule has 1 rings (SSSR count). The maximum atomic E-state index is 12.2. The van der Waals surface area contributed by atoms with Gasteiger partial charge in [-0.3, -0.25) is 14.4 Å². The number of ether oxygens (including phenoxy) is 2. The van der Waals surface area contributed by atoms with E-state index in [-0.39, 0.29) is 42.6 Å². The van der Waals surface area contributed by atoms with E-state index < -0.39 is 26.0 Å². The van der Waals surface area contributed by atoms with Crippen LogP contribution >= 0.6 is 20.3 Å². The lowest BCUT2D eigenvalue weighted by molar-refractivity contribution is -0.149. The highest BCUT2D eigenvalue weighted by molar-refractivity contribution is 8.13. The molecule has 1 amide bonds. The number of amidine groups is 1. The SMILES string of the molecule is CC(C)OC(=O)C(C)NP(OCCSC(=O)C(C)(C)C)OCC1CCC(N(C)/C=C\C(N)=N/C=O)O1. The summed E-state index contributed by atoms with van der Waals surface area (Å²) in [6.45, 7) is 11.4. The van der Waals surface area contributed by atoms with Gasteiger partial charge < -0.3 is 29.2 Å². The molecule has 1 fully saturated rings. The number of esters is 1. The normalized spacial score (nSPS) is 20.5. The Kier molecular flexibility index (Phi) is 14.7. The lowest BCUT2D eigenvalue weighted by Crippen LogP contribution is -2.35. The van der Waals surface area contributed by atoms with Gasteiger partial charge in [0.2, 0.25) is 6.41 Å². The Hall–Kier alpha value is -1.56. The third kappa shape index (κ3) is 13.1. The van der Waals surface area contributed by atoms with Crippen molar-refractivity contribution in [2.24, 2.45) is 16.1 Å². The molecular formula is C23H41N4O7PS. The zero-order chi connectivity index (χ0) is 27.3. The van der Waals surface area contributed by atoms with E-state index in [1.807, 2.05) is 32.7 Å². The summed E-state index contributed by atoms with van der Waals surface area (Å²) in [5.41, 5.74) is 5.16. The molecule has 0 radical (unpaired) electrons. The number of nitrogens with one attached hydrogen (secondary N) is 1. The summed E-state index contributed by atoms with van der Waals surface area (Å²) in [6.07, 6.45) is 4.57. The number of carbonyl (C=O) groups excluding carboxylic acids is 3. The summed E-state index contributed by atoms with van der Waals surface area (Å²) < 4.78 is 23.2. The van der Waals surface area contributed by atoms with Gasteiger partial charge in [-0.05, 0) is 39.7 Å². The van der Waals surface area contributed by atoms with Crippen LogP contribution in [-0.4, -0.2) is 78.7 Å². The maximum Gasteiger partial charge on any atom is 0.323 e. The summed E-state index contributed by atoms with van der Waals surface area (Å²) in [4.78, 5) is 40.1. The van der Waals surface area contributed by atoms with Gasteiger partial charge in [-0.15, -0.1) is 0 Å². The molecular weight excluding hydrogens is 507 g/mol. The second-order valence-electron chi connectivity index (χ2n) is 9.54. The van der Waals surface area contributed by atoms with Gasteiger partial charge in [0.15, 0.2) is 5.12 Å². The average molecular weight is 549 g/mol. The van der Waals surface area contributed by atoms with Gasteiger partial charge in [0.05, 0.1) is 25.4 Å². The maximum absolute atomic E-state index is 12.2. The number of amides is 1.